The van der Waals surface area contributed by atoms with Crippen molar-refractivity contribution in [3.63, 3.8) is 0 Å². The minimum Gasteiger partial charge on any atom is -0.497 e. The second kappa shape index (κ2) is 7.91. The maximum Gasteiger partial charge on any atom is 0.242 e. The summed E-state index contributed by atoms with van der Waals surface area (Å²) in [5, 5.41) is 5.37. The normalized spacial score (nSPS) is 11.8. The average Bonchev–Trinajstić information content (AvgIpc) is 2.70. The number of carbonyl (C=O) groups is 1. The van der Waals surface area contributed by atoms with Crippen molar-refractivity contribution in [3.8, 4) is 5.75 Å². The molecule has 1 N–H and O–H groups in total. The summed E-state index contributed by atoms with van der Waals surface area (Å²) < 4.78 is 5.15. The van der Waals surface area contributed by atoms with E-state index in [1.807, 2.05) is 55.3 Å². The zero-order valence-electron chi connectivity index (χ0n) is 15.4. The third kappa shape index (κ3) is 3.97. The van der Waals surface area contributed by atoms with E-state index in [9.17, 15) is 4.79 Å². The van der Waals surface area contributed by atoms with Crippen LogP contribution in [0.5, 0.6) is 5.75 Å². The number of amides is 1. The maximum atomic E-state index is 12.5. The first-order chi connectivity index (χ1) is 12.6. The Labute approximate surface area is 154 Å². The van der Waals surface area contributed by atoms with Crippen LogP contribution in [-0.4, -0.2) is 26.1 Å². The van der Waals surface area contributed by atoms with Crippen LogP contribution in [0, 0.1) is 0 Å². The molecule has 3 rings (SSSR count). The van der Waals surface area contributed by atoms with Gasteiger partial charge in [-0.05, 0) is 47.5 Å². The van der Waals surface area contributed by atoms with Crippen molar-refractivity contribution in [2.75, 3.05) is 19.1 Å². The number of nitrogens with zero attached hydrogens (tertiary/aromatic N) is 1. The first-order valence-electron chi connectivity index (χ1n) is 8.71. The third-order valence-electron chi connectivity index (χ3n) is 4.73. The molecule has 0 bridgehead atoms. The van der Waals surface area contributed by atoms with Crippen LogP contribution in [0.15, 0.2) is 66.7 Å². The molecule has 0 aliphatic heterocycles. The molecule has 0 radical (unpaired) electrons. The molecular weight excluding hydrogens is 324 g/mol. The molecule has 0 spiro atoms. The van der Waals surface area contributed by atoms with Crippen LogP contribution in [0.1, 0.15) is 12.5 Å². The topological polar surface area (TPSA) is 41.6 Å². The molecule has 1 atom stereocenters. The standard InChI is InChI=1S/C22H24N2O2/c1-16(22(25)23-15-17-8-12-21(26-3)13-9-17)24(2)20-11-10-18-6-4-5-7-19(18)14-20/h4-14,16H,15H2,1-3H3,(H,23,25)/t16-/m1/s1. The second-order valence-corrected chi connectivity index (χ2v) is 6.38. The number of likely N-dealkylation sites (N-methyl/N-ethyl adjacent to an activating group) is 1. The molecule has 26 heavy (non-hydrogen) atoms. The predicted octanol–water partition coefficient (Wildman–Crippen LogP) is 3.99. The summed E-state index contributed by atoms with van der Waals surface area (Å²) >= 11 is 0. The zero-order valence-corrected chi connectivity index (χ0v) is 15.4. The van der Waals surface area contributed by atoms with E-state index in [1.165, 1.54) is 10.8 Å². The Morgan fingerprint density at radius 1 is 1.04 bits per heavy atom. The molecule has 134 valence electrons. The minimum atomic E-state index is -0.269. The van der Waals surface area contributed by atoms with E-state index in [1.54, 1.807) is 7.11 Å². The lowest BCUT2D eigenvalue weighted by atomic mass is 10.1. The molecule has 3 aromatic rings. The fourth-order valence-electron chi connectivity index (χ4n) is 2.88. The maximum absolute atomic E-state index is 12.5. The van der Waals surface area contributed by atoms with Crippen LogP contribution in [-0.2, 0) is 11.3 Å². The minimum absolute atomic E-state index is 0.00326. The molecule has 4 nitrogen and oxygen atoms in total. The second-order valence-electron chi connectivity index (χ2n) is 6.38. The average molecular weight is 348 g/mol. The van der Waals surface area contributed by atoms with Crippen molar-refractivity contribution in [1.29, 1.82) is 0 Å². The largest absolute Gasteiger partial charge is 0.497 e. The van der Waals surface area contributed by atoms with E-state index >= 15 is 0 Å². The van der Waals surface area contributed by atoms with Crippen molar-refractivity contribution in [1.82, 2.24) is 5.32 Å². The summed E-state index contributed by atoms with van der Waals surface area (Å²) in [7, 11) is 3.59. The molecule has 0 aromatic heterocycles. The molecule has 0 fully saturated rings. The summed E-state index contributed by atoms with van der Waals surface area (Å²) in [6.45, 7) is 2.41. The Morgan fingerprint density at radius 2 is 1.73 bits per heavy atom. The van der Waals surface area contributed by atoms with Gasteiger partial charge in [-0.25, -0.2) is 0 Å². The van der Waals surface area contributed by atoms with Crippen LogP contribution in [0.25, 0.3) is 10.8 Å². The smallest absolute Gasteiger partial charge is 0.242 e. The van der Waals surface area contributed by atoms with Crippen LogP contribution in [0.3, 0.4) is 0 Å². The molecule has 4 heteroatoms. The molecule has 0 heterocycles. The van der Waals surface area contributed by atoms with Gasteiger partial charge in [-0.15, -0.1) is 0 Å². The lowest BCUT2D eigenvalue weighted by Crippen LogP contribution is -2.43. The van der Waals surface area contributed by atoms with Crippen molar-refractivity contribution in [2.45, 2.75) is 19.5 Å². The number of hydrogen-bond acceptors (Lipinski definition) is 3. The Hall–Kier alpha value is -3.01. The predicted molar refractivity (Wildman–Crippen MR) is 107 cm³/mol. The quantitative estimate of drug-likeness (QED) is 0.732. The Morgan fingerprint density at radius 3 is 2.42 bits per heavy atom. The number of anilines is 1. The lowest BCUT2D eigenvalue weighted by Gasteiger charge is -2.26. The van der Waals surface area contributed by atoms with Gasteiger partial charge in [0.05, 0.1) is 7.11 Å². The van der Waals surface area contributed by atoms with Crippen LogP contribution >= 0.6 is 0 Å². The van der Waals surface area contributed by atoms with Gasteiger partial charge in [-0.2, -0.15) is 0 Å². The van der Waals surface area contributed by atoms with E-state index in [0.717, 1.165) is 17.0 Å². The van der Waals surface area contributed by atoms with E-state index in [2.05, 4.69) is 35.6 Å². The van der Waals surface area contributed by atoms with E-state index in [0.29, 0.717) is 6.54 Å². The SMILES string of the molecule is COc1ccc(CNC(=O)[C@@H](C)N(C)c2ccc3ccccc3c2)cc1. The fourth-order valence-corrected chi connectivity index (χ4v) is 2.88. The summed E-state index contributed by atoms with van der Waals surface area (Å²) in [4.78, 5) is 14.5. The highest BCUT2D eigenvalue weighted by Gasteiger charge is 2.18. The van der Waals surface area contributed by atoms with Crippen LogP contribution in [0.4, 0.5) is 5.69 Å². The van der Waals surface area contributed by atoms with Crippen LogP contribution in [0.2, 0.25) is 0 Å². The number of rotatable bonds is 6. The highest BCUT2D eigenvalue weighted by Crippen LogP contribution is 2.22. The Kier molecular flexibility index (Phi) is 5.42. The zero-order chi connectivity index (χ0) is 18.5. The summed E-state index contributed by atoms with van der Waals surface area (Å²) in [5.41, 5.74) is 2.07. The summed E-state index contributed by atoms with van der Waals surface area (Å²) in [5.74, 6) is 0.806. The van der Waals surface area contributed by atoms with E-state index in [4.69, 9.17) is 4.74 Å². The van der Waals surface area contributed by atoms with Crippen molar-refractivity contribution < 1.29 is 9.53 Å². The summed E-state index contributed by atoms with van der Waals surface area (Å²) in [6.07, 6.45) is 0. The first kappa shape index (κ1) is 17.8. The molecule has 0 saturated carbocycles. The fraction of sp³-hybridized carbons (Fsp3) is 0.227. The number of nitrogens with one attached hydrogen (secondary N) is 1. The van der Waals surface area contributed by atoms with Gasteiger partial charge >= 0.3 is 0 Å². The van der Waals surface area contributed by atoms with Gasteiger partial charge in [0.15, 0.2) is 0 Å². The molecular formula is C22H24N2O2. The highest BCUT2D eigenvalue weighted by molar-refractivity contribution is 5.88. The number of carbonyl (C=O) groups excluding carboxylic acids is 1. The number of benzene rings is 3. The molecule has 0 aliphatic carbocycles. The van der Waals surface area contributed by atoms with Gasteiger partial charge < -0.3 is 15.0 Å². The van der Waals surface area contributed by atoms with Gasteiger partial charge in [0.2, 0.25) is 5.91 Å². The first-order valence-corrected chi connectivity index (χ1v) is 8.71. The monoisotopic (exact) mass is 348 g/mol. The van der Waals surface area contributed by atoms with E-state index < -0.39 is 0 Å². The summed E-state index contributed by atoms with van der Waals surface area (Å²) in [6, 6.07) is 21.9. The Balaban J connectivity index is 1.64. The number of methoxy groups -OCH3 is 1. The lowest BCUT2D eigenvalue weighted by molar-refractivity contribution is -0.122. The molecule has 0 unspecified atom stereocenters. The van der Waals surface area contributed by atoms with Crippen molar-refractivity contribution in [3.05, 3.63) is 72.3 Å². The Bertz CT molecular complexity index is 890. The van der Waals surface area contributed by atoms with Gasteiger partial charge in [-0.3, -0.25) is 4.79 Å². The van der Waals surface area contributed by atoms with Crippen molar-refractivity contribution in [2.24, 2.45) is 0 Å². The molecule has 0 saturated heterocycles. The number of fused-ring (bicyclic) bond motifs is 1. The van der Waals surface area contributed by atoms with Gasteiger partial charge in [0.1, 0.15) is 11.8 Å². The molecule has 1 amide bonds. The van der Waals surface area contributed by atoms with Gasteiger partial charge in [-0.1, -0.05) is 42.5 Å². The van der Waals surface area contributed by atoms with Crippen LogP contribution < -0.4 is 15.0 Å². The van der Waals surface area contributed by atoms with Gasteiger partial charge in [0.25, 0.3) is 0 Å². The van der Waals surface area contributed by atoms with Crippen molar-refractivity contribution >= 4 is 22.4 Å². The molecule has 0 aliphatic rings. The molecule has 3 aromatic carbocycles. The number of hydrogen-bond donors (Lipinski definition) is 1. The van der Waals surface area contributed by atoms with Gasteiger partial charge in [0, 0.05) is 19.3 Å². The highest BCUT2D eigenvalue weighted by atomic mass is 16.5. The van der Waals surface area contributed by atoms with E-state index in [-0.39, 0.29) is 11.9 Å². The third-order valence-corrected chi connectivity index (χ3v) is 4.73. The number of ether oxygens (including phenoxy) is 1.